The third kappa shape index (κ3) is 3.01. The Bertz CT molecular complexity index is 331. The van der Waals surface area contributed by atoms with Crippen molar-refractivity contribution in [2.45, 2.75) is 32.6 Å². The van der Waals surface area contributed by atoms with E-state index >= 15 is 0 Å². The van der Waals surface area contributed by atoms with Crippen molar-refractivity contribution >= 4 is 17.8 Å². The summed E-state index contributed by atoms with van der Waals surface area (Å²) in [4.78, 5) is 34.0. The summed E-state index contributed by atoms with van der Waals surface area (Å²) >= 11 is 0. The van der Waals surface area contributed by atoms with Crippen LogP contribution in [0.1, 0.15) is 32.6 Å². The molecule has 0 aromatic heterocycles. The zero-order chi connectivity index (χ0) is 13.0. The first kappa shape index (κ1) is 13.6. The summed E-state index contributed by atoms with van der Waals surface area (Å²) in [6.07, 6.45) is 2.34. The van der Waals surface area contributed by atoms with Crippen LogP contribution < -0.4 is 5.59 Å². The molecule has 2 unspecified atom stereocenters. The van der Waals surface area contributed by atoms with Crippen LogP contribution in [0.4, 0.5) is 0 Å². The summed E-state index contributed by atoms with van der Waals surface area (Å²) in [6, 6.07) is 0. The summed E-state index contributed by atoms with van der Waals surface area (Å²) < 4.78 is 0. The maximum absolute atomic E-state index is 11.9. The van der Waals surface area contributed by atoms with Gasteiger partial charge in [-0.15, -0.1) is 5.59 Å². The fourth-order valence-electron chi connectivity index (χ4n) is 2.16. The van der Waals surface area contributed by atoms with E-state index in [0.29, 0.717) is 17.9 Å². The van der Waals surface area contributed by atoms with Crippen LogP contribution in [-0.2, 0) is 14.4 Å². The lowest BCUT2D eigenvalue weighted by Crippen LogP contribution is -2.50. The summed E-state index contributed by atoms with van der Waals surface area (Å²) in [6.45, 7) is 1.11. The van der Waals surface area contributed by atoms with Crippen LogP contribution in [0.25, 0.3) is 0 Å². The molecule has 0 aliphatic heterocycles. The van der Waals surface area contributed by atoms with Gasteiger partial charge in [-0.3, -0.25) is 19.6 Å². The van der Waals surface area contributed by atoms with Gasteiger partial charge in [0.05, 0.1) is 11.8 Å². The average Bonchev–Trinajstić information content (AvgIpc) is 2.29. The predicted octanol–water partition coefficient (Wildman–Crippen LogP) is 0.146. The molecule has 2 amide bonds. The Hall–Kier alpha value is -1.47. The standard InChI is InChI=1S/C10H16N2O5/c1-6(13)12(11-17)9(14)7-4-2-3-5-8(7)10(15)16/h7-8,11,17H,2-5H2,1H3,(H,15,16). The maximum Gasteiger partial charge on any atom is 0.307 e. The van der Waals surface area contributed by atoms with Gasteiger partial charge < -0.3 is 5.11 Å². The van der Waals surface area contributed by atoms with Crippen LogP contribution in [0.15, 0.2) is 0 Å². The Morgan fingerprint density at radius 1 is 1.18 bits per heavy atom. The van der Waals surface area contributed by atoms with E-state index in [2.05, 4.69) is 0 Å². The highest BCUT2D eigenvalue weighted by Crippen LogP contribution is 2.31. The third-order valence-corrected chi connectivity index (χ3v) is 3.04. The minimum atomic E-state index is -1.04. The molecule has 1 aliphatic rings. The van der Waals surface area contributed by atoms with Gasteiger partial charge in [0.25, 0.3) is 0 Å². The van der Waals surface area contributed by atoms with Gasteiger partial charge in [0.1, 0.15) is 0 Å². The number of hydrogen-bond donors (Lipinski definition) is 3. The van der Waals surface area contributed by atoms with E-state index in [9.17, 15) is 14.4 Å². The summed E-state index contributed by atoms with van der Waals surface area (Å²) in [5, 5.41) is 18.2. The van der Waals surface area contributed by atoms with E-state index in [4.69, 9.17) is 10.3 Å². The van der Waals surface area contributed by atoms with E-state index in [1.165, 1.54) is 5.59 Å². The third-order valence-electron chi connectivity index (χ3n) is 3.04. The van der Waals surface area contributed by atoms with Gasteiger partial charge in [0.15, 0.2) is 0 Å². The van der Waals surface area contributed by atoms with Crippen molar-refractivity contribution in [1.29, 1.82) is 0 Å². The highest BCUT2D eigenvalue weighted by Gasteiger charge is 2.38. The van der Waals surface area contributed by atoms with Crippen molar-refractivity contribution in [1.82, 2.24) is 10.6 Å². The zero-order valence-corrected chi connectivity index (χ0v) is 9.55. The van der Waals surface area contributed by atoms with E-state index < -0.39 is 29.6 Å². The number of nitrogens with one attached hydrogen (secondary N) is 1. The Balaban J connectivity index is 2.84. The maximum atomic E-state index is 11.9. The second-order valence-corrected chi connectivity index (χ2v) is 4.13. The van der Waals surface area contributed by atoms with Gasteiger partial charge in [-0.05, 0) is 12.8 Å². The first-order valence-corrected chi connectivity index (χ1v) is 5.46. The lowest BCUT2D eigenvalue weighted by molar-refractivity contribution is -0.167. The first-order chi connectivity index (χ1) is 7.99. The Morgan fingerprint density at radius 2 is 1.71 bits per heavy atom. The molecule has 7 nitrogen and oxygen atoms in total. The Morgan fingerprint density at radius 3 is 2.12 bits per heavy atom. The second kappa shape index (κ2) is 5.74. The van der Waals surface area contributed by atoms with Crippen molar-refractivity contribution in [3.8, 4) is 0 Å². The second-order valence-electron chi connectivity index (χ2n) is 4.13. The van der Waals surface area contributed by atoms with Gasteiger partial charge in [-0.2, -0.15) is 5.01 Å². The van der Waals surface area contributed by atoms with Gasteiger partial charge >= 0.3 is 5.97 Å². The molecule has 0 aromatic rings. The summed E-state index contributed by atoms with van der Waals surface area (Å²) in [5.74, 6) is -3.94. The molecule has 3 N–H and O–H groups in total. The number of imide groups is 1. The molecule has 1 aliphatic carbocycles. The topological polar surface area (TPSA) is 107 Å². The molecular weight excluding hydrogens is 228 g/mol. The molecule has 0 heterocycles. The number of carboxylic acid groups (broad SMARTS) is 1. The lowest BCUT2D eigenvalue weighted by atomic mass is 9.78. The molecule has 1 saturated carbocycles. The number of hydrogen-bond acceptors (Lipinski definition) is 5. The summed E-state index contributed by atoms with van der Waals surface area (Å²) in [7, 11) is 0. The molecular formula is C10H16N2O5. The zero-order valence-electron chi connectivity index (χ0n) is 9.55. The average molecular weight is 244 g/mol. The van der Waals surface area contributed by atoms with Gasteiger partial charge in [0, 0.05) is 6.92 Å². The molecule has 1 rings (SSSR count). The fourth-order valence-corrected chi connectivity index (χ4v) is 2.16. The lowest BCUT2D eigenvalue weighted by Gasteiger charge is -2.30. The molecule has 0 spiro atoms. The van der Waals surface area contributed by atoms with Crippen LogP contribution in [0.5, 0.6) is 0 Å². The monoisotopic (exact) mass is 244 g/mol. The smallest absolute Gasteiger partial charge is 0.307 e. The number of carboxylic acids is 1. The minimum absolute atomic E-state index is 0.418. The van der Waals surface area contributed by atoms with E-state index in [1.54, 1.807) is 0 Å². The number of carbonyl (C=O) groups excluding carboxylic acids is 2. The predicted molar refractivity (Wildman–Crippen MR) is 55.5 cm³/mol. The molecule has 0 aromatic carbocycles. The van der Waals surface area contributed by atoms with Crippen molar-refractivity contribution < 1.29 is 24.7 Å². The normalized spacial score (nSPS) is 24.1. The van der Waals surface area contributed by atoms with Crippen LogP contribution in [0.2, 0.25) is 0 Å². The fraction of sp³-hybridized carbons (Fsp3) is 0.700. The van der Waals surface area contributed by atoms with E-state index in [0.717, 1.165) is 19.8 Å². The SMILES string of the molecule is CC(=O)N(NO)C(=O)C1CCCCC1C(=O)O. The Labute approximate surface area is 98.3 Å². The van der Waals surface area contributed by atoms with Crippen molar-refractivity contribution in [3.05, 3.63) is 0 Å². The van der Waals surface area contributed by atoms with Crippen LogP contribution >= 0.6 is 0 Å². The number of aliphatic carboxylic acids is 1. The molecule has 0 bridgehead atoms. The number of rotatable bonds is 3. The molecule has 1 fully saturated rings. The largest absolute Gasteiger partial charge is 0.481 e. The van der Waals surface area contributed by atoms with Crippen molar-refractivity contribution in [2.24, 2.45) is 11.8 Å². The minimum Gasteiger partial charge on any atom is -0.481 e. The number of amides is 2. The van der Waals surface area contributed by atoms with Crippen molar-refractivity contribution in [3.63, 3.8) is 0 Å². The molecule has 7 heteroatoms. The number of carbonyl (C=O) groups is 3. The van der Waals surface area contributed by atoms with Crippen LogP contribution in [0.3, 0.4) is 0 Å². The summed E-state index contributed by atoms with van der Waals surface area (Å²) in [5.41, 5.74) is 1.50. The molecule has 2 atom stereocenters. The highest BCUT2D eigenvalue weighted by molar-refractivity contribution is 5.96. The molecule has 96 valence electrons. The van der Waals surface area contributed by atoms with E-state index in [1.807, 2.05) is 0 Å². The number of nitrogens with zero attached hydrogens (tertiary/aromatic N) is 1. The Kier molecular flexibility index (Phi) is 4.59. The molecule has 0 radical (unpaired) electrons. The van der Waals surface area contributed by atoms with Crippen molar-refractivity contribution in [2.75, 3.05) is 0 Å². The van der Waals surface area contributed by atoms with Crippen LogP contribution in [0, 0.1) is 11.8 Å². The van der Waals surface area contributed by atoms with E-state index in [-0.39, 0.29) is 0 Å². The molecule has 0 saturated heterocycles. The highest BCUT2D eigenvalue weighted by atomic mass is 16.5. The quantitative estimate of drug-likeness (QED) is 0.610. The van der Waals surface area contributed by atoms with Crippen LogP contribution in [-0.4, -0.2) is 33.1 Å². The van der Waals surface area contributed by atoms with Gasteiger partial charge in [-0.1, -0.05) is 12.8 Å². The van der Waals surface area contributed by atoms with Gasteiger partial charge in [0.2, 0.25) is 11.8 Å². The number of hydrazine groups is 1. The van der Waals surface area contributed by atoms with Gasteiger partial charge in [-0.25, -0.2) is 0 Å². The first-order valence-electron chi connectivity index (χ1n) is 5.46. The molecule has 17 heavy (non-hydrogen) atoms.